The Bertz CT molecular complexity index is 305. The zero-order valence-electron chi connectivity index (χ0n) is 8.04. The molecule has 4 atom stereocenters. The van der Waals surface area contributed by atoms with Crippen LogP contribution in [0.1, 0.15) is 19.3 Å². The molecule has 15 heavy (non-hydrogen) atoms. The van der Waals surface area contributed by atoms with Gasteiger partial charge in [-0.15, -0.1) is 0 Å². The van der Waals surface area contributed by atoms with Gasteiger partial charge >= 0.3 is 12.1 Å². The fourth-order valence-electron chi connectivity index (χ4n) is 2.78. The fourth-order valence-corrected chi connectivity index (χ4v) is 2.78. The number of aliphatic carboxylic acids is 1. The van der Waals surface area contributed by atoms with Gasteiger partial charge in [0.2, 0.25) is 0 Å². The number of nitrogens with zero attached hydrogens (tertiary/aromatic N) is 1. The third kappa shape index (κ3) is 1.45. The van der Waals surface area contributed by atoms with Crippen LogP contribution >= 0.6 is 0 Å². The molecular formula is C9H13NO5. The van der Waals surface area contributed by atoms with E-state index in [1.54, 1.807) is 0 Å². The lowest BCUT2D eigenvalue weighted by Crippen LogP contribution is -2.64. The van der Waals surface area contributed by atoms with E-state index in [9.17, 15) is 14.7 Å². The van der Waals surface area contributed by atoms with Crippen LogP contribution in [0.15, 0.2) is 0 Å². The van der Waals surface area contributed by atoms with Crippen molar-refractivity contribution in [2.24, 2.45) is 5.92 Å². The SMILES string of the molecule is O=C(O)[C@@H]1[C@@H]2CC[C@@H](C[C@H]2O)N1C(=O)O. The van der Waals surface area contributed by atoms with Crippen LogP contribution in [0.2, 0.25) is 0 Å². The smallest absolute Gasteiger partial charge is 0.408 e. The summed E-state index contributed by atoms with van der Waals surface area (Å²) in [6.45, 7) is 0. The van der Waals surface area contributed by atoms with Gasteiger partial charge in [-0.2, -0.15) is 0 Å². The predicted molar refractivity (Wildman–Crippen MR) is 48.4 cm³/mol. The lowest BCUT2D eigenvalue weighted by molar-refractivity contribution is -0.157. The van der Waals surface area contributed by atoms with Gasteiger partial charge in [0.15, 0.2) is 0 Å². The average Bonchev–Trinajstić information content (AvgIpc) is 2.16. The Morgan fingerprint density at radius 3 is 2.33 bits per heavy atom. The van der Waals surface area contributed by atoms with Crippen molar-refractivity contribution in [1.82, 2.24) is 4.90 Å². The van der Waals surface area contributed by atoms with Crippen molar-refractivity contribution in [1.29, 1.82) is 0 Å². The second-order valence-electron chi connectivity index (χ2n) is 4.17. The van der Waals surface area contributed by atoms with E-state index < -0.39 is 30.1 Å². The number of aliphatic hydroxyl groups excluding tert-OH is 1. The zero-order valence-corrected chi connectivity index (χ0v) is 8.04. The van der Waals surface area contributed by atoms with E-state index in [1.165, 1.54) is 0 Å². The van der Waals surface area contributed by atoms with Crippen molar-refractivity contribution in [3.63, 3.8) is 0 Å². The summed E-state index contributed by atoms with van der Waals surface area (Å²) in [5, 5.41) is 27.6. The Morgan fingerprint density at radius 2 is 1.87 bits per heavy atom. The minimum absolute atomic E-state index is 0.344. The molecule has 1 aliphatic carbocycles. The van der Waals surface area contributed by atoms with Crippen LogP contribution in [0.4, 0.5) is 4.79 Å². The molecule has 3 aliphatic rings. The highest BCUT2D eigenvalue weighted by molar-refractivity contribution is 5.80. The maximum atomic E-state index is 11.0. The molecule has 0 radical (unpaired) electrons. The van der Waals surface area contributed by atoms with E-state index in [0.29, 0.717) is 19.3 Å². The Hall–Kier alpha value is -1.30. The number of amides is 1. The molecular weight excluding hydrogens is 202 g/mol. The molecule has 3 rings (SSSR count). The van der Waals surface area contributed by atoms with Crippen molar-refractivity contribution in [3.05, 3.63) is 0 Å². The molecule has 0 aromatic rings. The number of carboxylic acid groups (broad SMARTS) is 2. The highest BCUT2D eigenvalue weighted by Gasteiger charge is 2.51. The van der Waals surface area contributed by atoms with Crippen LogP contribution in [-0.4, -0.2) is 50.5 Å². The van der Waals surface area contributed by atoms with Crippen molar-refractivity contribution >= 4 is 12.1 Å². The van der Waals surface area contributed by atoms with E-state index >= 15 is 0 Å². The summed E-state index contributed by atoms with van der Waals surface area (Å²) in [4.78, 5) is 22.9. The Kier molecular flexibility index (Phi) is 2.30. The molecule has 1 amide bonds. The molecule has 6 nitrogen and oxygen atoms in total. The topological polar surface area (TPSA) is 98.1 Å². The highest BCUT2D eigenvalue weighted by atomic mass is 16.4. The maximum absolute atomic E-state index is 11.0. The van der Waals surface area contributed by atoms with Crippen LogP contribution < -0.4 is 0 Å². The molecule has 1 saturated carbocycles. The molecule has 0 aromatic heterocycles. The number of fused-ring (bicyclic) bond motifs is 3. The molecule has 2 aliphatic heterocycles. The first-order valence-electron chi connectivity index (χ1n) is 4.94. The van der Waals surface area contributed by atoms with Gasteiger partial charge in [-0.05, 0) is 19.3 Å². The van der Waals surface area contributed by atoms with Crippen LogP contribution in [0.5, 0.6) is 0 Å². The predicted octanol–water partition coefficient (Wildman–Crippen LogP) is -0.0372. The van der Waals surface area contributed by atoms with E-state index in [4.69, 9.17) is 10.2 Å². The van der Waals surface area contributed by atoms with Gasteiger partial charge in [-0.3, -0.25) is 4.90 Å². The summed E-state index contributed by atoms with van der Waals surface area (Å²) < 4.78 is 0. The summed E-state index contributed by atoms with van der Waals surface area (Å²) in [6.07, 6.45) is -0.282. The van der Waals surface area contributed by atoms with E-state index in [1.807, 2.05) is 0 Å². The molecule has 0 aromatic carbocycles. The highest BCUT2D eigenvalue weighted by Crippen LogP contribution is 2.39. The van der Waals surface area contributed by atoms with Crippen LogP contribution in [0.3, 0.4) is 0 Å². The van der Waals surface area contributed by atoms with Crippen molar-refractivity contribution in [3.8, 4) is 0 Å². The summed E-state index contributed by atoms with van der Waals surface area (Å²) in [5.41, 5.74) is 0. The van der Waals surface area contributed by atoms with Gasteiger partial charge < -0.3 is 15.3 Å². The molecule has 2 bridgehead atoms. The van der Waals surface area contributed by atoms with Gasteiger partial charge in [-0.25, -0.2) is 9.59 Å². The molecule has 0 unspecified atom stereocenters. The largest absolute Gasteiger partial charge is 0.480 e. The number of hydrogen-bond acceptors (Lipinski definition) is 3. The monoisotopic (exact) mass is 215 g/mol. The third-order valence-corrected chi connectivity index (χ3v) is 3.41. The number of carboxylic acids is 1. The lowest BCUT2D eigenvalue weighted by Gasteiger charge is -2.50. The first kappa shape index (κ1) is 10.2. The molecule has 2 saturated heterocycles. The number of rotatable bonds is 1. The van der Waals surface area contributed by atoms with E-state index in [0.717, 1.165) is 4.90 Å². The van der Waals surface area contributed by atoms with Gasteiger partial charge in [0, 0.05) is 12.0 Å². The minimum Gasteiger partial charge on any atom is -0.480 e. The normalized spacial score (nSPS) is 39.1. The number of carbonyl (C=O) groups is 2. The standard InChI is InChI=1S/C9H13NO5/c11-6-3-4-1-2-5(6)7(8(12)13)10(4)9(14)15/h4-7,11H,1-3H2,(H,12,13)(H,14,15)/t4-,5+,6+,7-/m0/s1. The Balaban J connectivity index is 2.31. The first-order chi connectivity index (χ1) is 7.02. The average molecular weight is 215 g/mol. The molecule has 6 heteroatoms. The van der Waals surface area contributed by atoms with Crippen LogP contribution in [0, 0.1) is 5.92 Å². The lowest BCUT2D eigenvalue weighted by atomic mass is 9.73. The van der Waals surface area contributed by atoms with Crippen LogP contribution in [-0.2, 0) is 4.79 Å². The molecule has 84 valence electrons. The summed E-state index contributed by atoms with van der Waals surface area (Å²) in [5.74, 6) is -1.62. The Morgan fingerprint density at radius 1 is 1.20 bits per heavy atom. The summed E-state index contributed by atoms with van der Waals surface area (Å²) >= 11 is 0. The maximum Gasteiger partial charge on any atom is 0.408 e. The van der Waals surface area contributed by atoms with Crippen LogP contribution in [0.25, 0.3) is 0 Å². The fraction of sp³-hybridized carbons (Fsp3) is 0.778. The van der Waals surface area contributed by atoms with Gasteiger partial charge in [0.1, 0.15) is 6.04 Å². The van der Waals surface area contributed by atoms with E-state index in [-0.39, 0.29) is 6.04 Å². The minimum atomic E-state index is -1.20. The van der Waals surface area contributed by atoms with Crippen molar-refractivity contribution < 1.29 is 24.9 Å². The third-order valence-electron chi connectivity index (χ3n) is 3.41. The molecule has 3 N–H and O–H groups in total. The van der Waals surface area contributed by atoms with Gasteiger partial charge in [0.05, 0.1) is 6.10 Å². The van der Waals surface area contributed by atoms with Gasteiger partial charge in [0.25, 0.3) is 0 Å². The molecule has 2 heterocycles. The van der Waals surface area contributed by atoms with E-state index in [2.05, 4.69) is 0 Å². The van der Waals surface area contributed by atoms with Crippen molar-refractivity contribution in [2.75, 3.05) is 0 Å². The second kappa shape index (κ2) is 3.37. The number of aliphatic hydroxyl groups is 1. The van der Waals surface area contributed by atoms with Gasteiger partial charge in [-0.1, -0.05) is 0 Å². The number of piperidine rings is 2. The number of hydrogen-bond donors (Lipinski definition) is 3. The molecule has 0 spiro atoms. The first-order valence-corrected chi connectivity index (χ1v) is 4.94. The molecule has 3 fully saturated rings. The Labute approximate surface area is 86.1 Å². The summed E-state index contributed by atoms with van der Waals surface area (Å²) in [7, 11) is 0. The van der Waals surface area contributed by atoms with Crippen molar-refractivity contribution in [2.45, 2.75) is 37.5 Å². The second-order valence-corrected chi connectivity index (χ2v) is 4.17. The summed E-state index contributed by atoms with van der Waals surface area (Å²) in [6, 6.07) is -1.42. The quantitative estimate of drug-likeness (QED) is 0.570. The zero-order chi connectivity index (χ0) is 11.2.